The number of halogens is 1. The molecule has 5 heteroatoms. The number of carbonyl (C=O) groups is 1. The van der Waals surface area contributed by atoms with Crippen molar-refractivity contribution in [3.63, 3.8) is 0 Å². The van der Waals surface area contributed by atoms with Crippen LogP contribution in [0.15, 0.2) is 36.4 Å². The normalized spacial score (nSPS) is 13.3. The molecule has 2 aromatic carbocycles. The van der Waals surface area contributed by atoms with E-state index >= 15 is 0 Å². The Morgan fingerprint density at radius 3 is 2.39 bits per heavy atom. The number of hydrogen-bond donors (Lipinski definition) is 2. The zero-order chi connectivity index (χ0) is 20.7. The first-order valence-corrected chi connectivity index (χ1v) is 9.70. The lowest BCUT2D eigenvalue weighted by Gasteiger charge is -2.23. The number of methoxy groups -OCH3 is 1. The van der Waals surface area contributed by atoms with Gasteiger partial charge in [-0.05, 0) is 48.4 Å². The number of ether oxygens (including phenoxy) is 1. The summed E-state index contributed by atoms with van der Waals surface area (Å²) in [7, 11) is 1.39. The van der Waals surface area contributed by atoms with Crippen LogP contribution in [0, 0.1) is 12.7 Å². The van der Waals surface area contributed by atoms with E-state index in [4.69, 9.17) is 4.74 Å². The van der Waals surface area contributed by atoms with Crippen molar-refractivity contribution in [3.05, 3.63) is 70.0 Å². The van der Waals surface area contributed by atoms with Gasteiger partial charge in [0.1, 0.15) is 5.82 Å². The zero-order valence-corrected chi connectivity index (χ0v) is 16.7. The number of aliphatic hydroxyl groups is 1. The first-order chi connectivity index (χ1) is 13.4. The molecule has 0 fully saturated rings. The summed E-state index contributed by atoms with van der Waals surface area (Å²) in [6, 6.07) is 11.1. The van der Waals surface area contributed by atoms with Gasteiger partial charge in [-0.15, -0.1) is 0 Å². The fraction of sp³-hybridized carbons (Fsp3) is 0.435. The molecule has 4 nitrogen and oxygen atoms in total. The highest BCUT2D eigenvalue weighted by Crippen LogP contribution is 2.29. The largest absolute Gasteiger partial charge is 0.478 e. The fourth-order valence-corrected chi connectivity index (χ4v) is 3.42. The van der Waals surface area contributed by atoms with Gasteiger partial charge in [0.2, 0.25) is 0 Å². The average Bonchev–Trinajstić information content (AvgIpc) is 2.68. The number of aliphatic hydroxyl groups excluding tert-OH is 1. The van der Waals surface area contributed by atoms with Crippen LogP contribution in [-0.2, 0) is 17.6 Å². The van der Waals surface area contributed by atoms with Crippen LogP contribution in [0.1, 0.15) is 64.7 Å². The molecule has 28 heavy (non-hydrogen) atoms. The molecule has 0 aliphatic carbocycles. The van der Waals surface area contributed by atoms with Crippen molar-refractivity contribution >= 4 is 5.97 Å². The Morgan fingerprint density at radius 1 is 1.14 bits per heavy atom. The molecule has 0 saturated heterocycles. The van der Waals surface area contributed by atoms with E-state index in [1.807, 2.05) is 24.3 Å². The number of rotatable bonds is 10. The molecular weight excluding hydrogens is 359 g/mol. The molecule has 0 aliphatic heterocycles. The SMILES string of the molecule is CCCCCc1ccc(C(Cc2ccc(C)c(F)c2C(=O)O)C(O)OC)cc1. The van der Waals surface area contributed by atoms with Gasteiger partial charge in [0, 0.05) is 13.0 Å². The van der Waals surface area contributed by atoms with Gasteiger partial charge in [-0.1, -0.05) is 56.2 Å². The van der Waals surface area contributed by atoms with E-state index in [0.29, 0.717) is 5.56 Å². The molecule has 2 aromatic rings. The van der Waals surface area contributed by atoms with Crippen molar-refractivity contribution < 1.29 is 24.1 Å². The van der Waals surface area contributed by atoms with Gasteiger partial charge in [-0.3, -0.25) is 0 Å². The highest BCUT2D eigenvalue weighted by atomic mass is 19.1. The van der Waals surface area contributed by atoms with Gasteiger partial charge in [-0.2, -0.15) is 0 Å². The number of carboxylic acid groups (broad SMARTS) is 1. The Kier molecular flexibility index (Phi) is 8.15. The number of aryl methyl sites for hydroxylation is 2. The average molecular weight is 388 g/mol. The van der Waals surface area contributed by atoms with Crippen molar-refractivity contribution in [2.75, 3.05) is 7.11 Å². The summed E-state index contributed by atoms with van der Waals surface area (Å²) in [5, 5.41) is 19.8. The Balaban J connectivity index is 2.31. The highest BCUT2D eigenvalue weighted by Gasteiger charge is 2.26. The first-order valence-electron chi connectivity index (χ1n) is 9.70. The molecule has 0 amide bonds. The zero-order valence-electron chi connectivity index (χ0n) is 16.7. The molecular formula is C23H29FO4. The third kappa shape index (κ3) is 5.40. The first kappa shape index (κ1) is 22.1. The second kappa shape index (κ2) is 10.3. The van der Waals surface area contributed by atoms with E-state index < -0.39 is 24.0 Å². The van der Waals surface area contributed by atoms with Gasteiger partial charge >= 0.3 is 5.97 Å². The van der Waals surface area contributed by atoms with Crippen LogP contribution in [0.4, 0.5) is 4.39 Å². The second-order valence-electron chi connectivity index (χ2n) is 7.17. The van der Waals surface area contributed by atoms with Crippen LogP contribution in [0.25, 0.3) is 0 Å². The van der Waals surface area contributed by atoms with E-state index in [1.54, 1.807) is 12.1 Å². The summed E-state index contributed by atoms with van der Waals surface area (Å²) in [6.45, 7) is 3.70. The minimum atomic E-state index is -1.31. The van der Waals surface area contributed by atoms with E-state index in [0.717, 1.165) is 18.4 Å². The Bertz CT molecular complexity index is 786. The van der Waals surface area contributed by atoms with Crippen LogP contribution >= 0.6 is 0 Å². The van der Waals surface area contributed by atoms with Crippen molar-refractivity contribution in [2.45, 2.75) is 58.2 Å². The lowest BCUT2D eigenvalue weighted by atomic mass is 9.88. The quantitative estimate of drug-likeness (QED) is 0.451. The Morgan fingerprint density at radius 2 is 1.82 bits per heavy atom. The monoisotopic (exact) mass is 388 g/mol. The molecule has 2 unspecified atom stereocenters. The van der Waals surface area contributed by atoms with Crippen LogP contribution in [-0.4, -0.2) is 29.6 Å². The molecule has 0 spiro atoms. The molecule has 0 aromatic heterocycles. The van der Waals surface area contributed by atoms with E-state index in [2.05, 4.69) is 6.92 Å². The molecule has 0 heterocycles. The summed E-state index contributed by atoms with van der Waals surface area (Å²) in [5.41, 5.74) is 2.32. The Hall–Kier alpha value is -2.24. The third-order valence-electron chi connectivity index (χ3n) is 5.14. The number of benzene rings is 2. The molecule has 2 atom stereocenters. The minimum Gasteiger partial charge on any atom is -0.478 e. The maximum atomic E-state index is 14.4. The maximum Gasteiger partial charge on any atom is 0.338 e. The van der Waals surface area contributed by atoms with Gasteiger partial charge in [-0.25, -0.2) is 9.18 Å². The summed E-state index contributed by atoms with van der Waals surface area (Å²) in [4.78, 5) is 11.6. The lowest BCUT2D eigenvalue weighted by molar-refractivity contribution is -0.0914. The number of carboxylic acids is 1. The maximum absolute atomic E-state index is 14.4. The molecule has 0 bridgehead atoms. The predicted octanol–water partition coefficient (Wildman–Crippen LogP) is 4.86. The summed E-state index contributed by atoms with van der Waals surface area (Å²) in [5.74, 6) is -2.55. The van der Waals surface area contributed by atoms with Crippen molar-refractivity contribution in [1.29, 1.82) is 0 Å². The van der Waals surface area contributed by atoms with Gasteiger partial charge in [0.15, 0.2) is 6.29 Å². The summed E-state index contributed by atoms with van der Waals surface area (Å²) < 4.78 is 19.5. The molecule has 2 N–H and O–H groups in total. The molecule has 0 aliphatic rings. The van der Waals surface area contributed by atoms with E-state index in [1.165, 1.54) is 32.4 Å². The smallest absolute Gasteiger partial charge is 0.338 e. The van der Waals surface area contributed by atoms with Crippen LogP contribution in [0.3, 0.4) is 0 Å². The second-order valence-corrected chi connectivity index (χ2v) is 7.17. The number of unbranched alkanes of at least 4 members (excludes halogenated alkanes) is 2. The van der Waals surface area contributed by atoms with Gasteiger partial charge < -0.3 is 14.9 Å². The molecule has 152 valence electrons. The van der Waals surface area contributed by atoms with Gasteiger partial charge in [0.05, 0.1) is 5.56 Å². The number of aromatic carboxylic acids is 1. The molecule has 2 rings (SSSR count). The molecule has 0 saturated carbocycles. The summed E-state index contributed by atoms with van der Waals surface area (Å²) >= 11 is 0. The predicted molar refractivity (Wildman–Crippen MR) is 107 cm³/mol. The van der Waals surface area contributed by atoms with Crippen molar-refractivity contribution in [3.8, 4) is 0 Å². The lowest BCUT2D eigenvalue weighted by Crippen LogP contribution is -2.23. The van der Waals surface area contributed by atoms with Gasteiger partial charge in [0.25, 0.3) is 0 Å². The number of hydrogen-bond acceptors (Lipinski definition) is 3. The third-order valence-corrected chi connectivity index (χ3v) is 5.14. The van der Waals surface area contributed by atoms with E-state index in [9.17, 15) is 19.4 Å². The topological polar surface area (TPSA) is 66.8 Å². The minimum absolute atomic E-state index is 0.156. The molecule has 0 radical (unpaired) electrons. The fourth-order valence-electron chi connectivity index (χ4n) is 3.42. The standard InChI is InChI=1S/C23H29FO4/c1-4-5-6-7-16-9-12-17(13-10-16)19(23(27)28-3)14-18-11-8-15(2)21(24)20(18)22(25)26/h8-13,19,23,27H,4-7,14H2,1-3H3,(H,25,26). The van der Waals surface area contributed by atoms with Crippen LogP contribution < -0.4 is 0 Å². The van der Waals surface area contributed by atoms with Crippen LogP contribution in [0.2, 0.25) is 0 Å². The van der Waals surface area contributed by atoms with Crippen molar-refractivity contribution in [1.82, 2.24) is 0 Å². The van der Waals surface area contributed by atoms with E-state index in [-0.39, 0.29) is 17.5 Å². The summed E-state index contributed by atoms with van der Waals surface area (Å²) in [6.07, 6.45) is 3.51. The van der Waals surface area contributed by atoms with Crippen molar-refractivity contribution in [2.24, 2.45) is 0 Å². The highest BCUT2D eigenvalue weighted by molar-refractivity contribution is 5.90. The van der Waals surface area contributed by atoms with Crippen LogP contribution in [0.5, 0.6) is 0 Å². The Labute approximate surface area is 166 Å².